The zero-order valence-electron chi connectivity index (χ0n) is 12.3. The Hall–Kier alpha value is -1.82. The van der Waals surface area contributed by atoms with Crippen LogP contribution in [0.15, 0.2) is 29.3 Å². The van der Waals surface area contributed by atoms with Crippen molar-refractivity contribution in [3.05, 3.63) is 40.4 Å². The normalized spacial score (nSPS) is 10.8. The summed E-state index contributed by atoms with van der Waals surface area (Å²) in [5, 5.41) is 3.40. The van der Waals surface area contributed by atoms with Gasteiger partial charge in [0.15, 0.2) is 0 Å². The van der Waals surface area contributed by atoms with Crippen LogP contribution in [-0.4, -0.2) is 33.5 Å². The molecule has 0 radical (unpaired) electrons. The zero-order chi connectivity index (χ0) is 15.2. The maximum atomic E-state index is 12.0. The molecule has 1 aromatic carbocycles. The van der Waals surface area contributed by atoms with Gasteiger partial charge in [-0.05, 0) is 30.4 Å². The zero-order valence-corrected chi connectivity index (χ0v) is 13.1. The van der Waals surface area contributed by atoms with E-state index in [4.69, 9.17) is 0 Å². The second-order valence-electron chi connectivity index (χ2n) is 4.76. The number of nitrogens with one attached hydrogen (secondary N) is 1. The summed E-state index contributed by atoms with van der Waals surface area (Å²) >= 11 is 1.83. The first-order chi connectivity index (χ1) is 10.1. The highest BCUT2D eigenvalue weighted by Gasteiger charge is 2.08. The predicted molar refractivity (Wildman–Crippen MR) is 86.9 cm³/mol. The molecule has 112 valence electrons. The van der Waals surface area contributed by atoms with Crippen LogP contribution < -0.4 is 10.9 Å². The van der Waals surface area contributed by atoms with Gasteiger partial charge in [0, 0.05) is 24.9 Å². The Morgan fingerprint density at radius 2 is 2.19 bits per heavy atom. The summed E-state index contributed by atoms with van der Waals surface area (Å²) in [5.41, 5.74) is 0.970. The number of rotatable bonds is 6. The molecule has 2 rings (SSSR count). The summed E-state index contributed by atoms with van der Waals surface area (Å²) in [4.78, 5) is 28.1. The Morgan fingerprint density at radius 3 is 2.95 bits per heavy atom. The summed E-state index contributed by atoms with van der Waals surface area (Å²) < 4.78 is 1.42. The molecule has 1 N–H and O–H groups in total. The van der Waals surface area contributed by atoms with E-state index in [0.29, 0.717) is 23.0 Å². The number of carbonyl (C=O) groups is 1. The van der Waals surface area contributed by atoms with Crippen molar-refractivity contribution in [3.63, 3.8) is 0 Å². The molecule has 0 fully saturated rings. The van der Waals surface area contributed by atoms with E-state index in [-0.39, 0.29) is 11.5 Å². The van der Waals surface area contributed by atoms with Crippen molar-refractivity contribution >= 4 is 28.6 Å². The van der Waals surface area contributed by atoms with Crippen molar-refractivity contribution < 1.29 is 4.79 Å². The third kappa shape index (κ3) is 3.85. The van der Waals surface area contributed by atoms with Crippen molar-refractivity contribution in [1.82, 2.24) is 14.9 Å². The Morgan fingerprint density at radius 1 is 1.38 bits per heavy atom. The molecule has 1 heterocycles. The van der Waals surface area contributed by atoms with Gasteiger partial charge in [0.2, 0.25) is 0 Å². The summed E-state index contributed by atoms with van der Waals surface area (Å²) in [6.07, 6.45) is 2.61. The molecule has 6 heteroatoms. The fourth-order valence-corrected chi connectivity index (χ4v) is 2.68. The number of thioether (sulfide) groups is 1. The summed E-state index contributed by atoms with van der Waals surface area (Å²) in [5.74, 6) is 1.89. The minimum Gasteiger partial charge on any atom is -0.351 e. The molecule has 2 aromatic rings. The molecule has 0 atom stereocenters. The molecule has 0 aliphatic carbocycles. The second kappa shape index (κ2) is 7.26. The lowest BCUT2D eigenvalue weighted by atomic mass is 10.1. The quantitative estimate of drug-likeness (QED) is 0.827. The maximum Gasteiger partial charge on any atom is 0.260 e. The third-order valence-electron chi connectivity index (χ3n) is 3.06. The minimum atomic E-state index is -0.128. The van der Waals surface area contributed by atoms with E-state index < -0.39 is 0 Å². The topological polar surface area (TPSA) is 64.0 Å². The third-order valence-corrected chi connectivity index (χ3v) is 4.25. The number of aromatic nitrogens is 2. The lowest BCUT2D eigenvalue weighted by molar-refractivity contribution is 0.0956. The first kappa shape index (κ1) is 15.6. The van der Waals surface area contributed by atoms with Crippen LogP contribution in [0.5, 0.6) is 0 Å². The average Bonchev–Trinajstić information content (AvgIpc) is 2.50. The van der Waals surface area contributed by atoms with Crippen LogP contribution in [0.2, 0.25) is 0 Å². The number of nitrogens with zero attached hydrogens (tertiary/aromatic N) is 2. The average molecular weight is 305 g/mol. The van der Waals surface area contributed by atoms with Crippen molar-refractivity contribution in [3.8, 4) is 0 Å². The van der Waals surface area contributed by atoms with Gasteiger partial charge in [0.25, 0.3) is 11.5 Å². The van der Waals surface area contributed by atoms with Crippen molar-refractivity contribution in [2.24, 2.45) is 7.05 Å². The Kier molecular flexibility index (Phi) is 5.38. The number of hydrogen-bond acceptors (Lipinski definition) is 4. The number of amides is 1. The number of fused-ring (bicyclic) bond motifs is 1. The smallest absolute Gasteiger partial charge is 0.260 e. The Labute approximate surface area is 127 Å². The van der Waals surface area contributed by atoms with Gasteiger partial charge in [0.1, 0.15) is 0 Å². The number of carbonyl (C=O) groups excluding carboxylic acids is 1. The minimum absolute atomic E-state index is 0.108. The summed E-state index contributed by atoms with van der Waals surface area (Å²) in [7, 11) is 1.66. The van der Waals surface area contributed by atoms with E-state index in [2.05, 4.69) is 17.2 Å². The lowest BCUT2D eigenvalue weighted by Crippen LogP contribution is -2.26. The molecule has 0 unspecified atom stereocenters. The van der Waals surface area contributed by atoms with E-state index in [1.807, 2.05) is 11.8 Å². The fraction of sp³-hybridized carbons (Fsp3) is 0.400. The molecular formula is C15H19N3O2S. The monoisotopic (exact) mass is 305 g/mol. The standard InChI is InChI=1S/C15H19N3O2S/c1-3-7-21-8-6-16-14(19)11-4-5-12-13(9-11)17-10-18(2)15(12)20/h4-5,9-10H,3,6-8H2,1-2H3,(H,16,19). The molecular weight excluding hydrogens is 286 g/mol. The van der Waals surface area contributed by atoms with Crippen molar-refractivity contribution in [1.29, 1.82) is 0 Å². The van der Waals surface area contributed by atoms with Gasteiger partial charge >= 0.3 is 0 Å². The molecule has 21 heavy (non-hydrogen) atoms. The Balaban J connectivity index is 2.07. The SMILES string of the molecule is CCCSCCNC(=O)c1ccc2c(=O)n(C)cnc2c1. The van der Waals surface area contributed by atoms with Crippen LogP contribution in [-0.2, 0) is 7.05 Å². The lowest BCUT2D eigenvalue weighted by Gasteiger charge is -2.06. The van der Waals surface area contributed by atoms with Crippen molar-refractivity contribution in [2.45, 2.75) is 13.3 Å². The first-order valence-electron chi connectivity index (χ1n) is 6.95. The Bertz CT molecular complexity index is 697. The molecule has 0 saturated carbocycles. The second-order valence-corrected chi connectivity index (χ2v) is 5.99. The molecule has 0 spiro atoms. The van der Waals surface area contributed by atoms with Crippen LogP contribution >= 0.6 is 11.8 Å². The van der Waals surface area contributed by atoms with Crippen LogP contribution in [0.25, 0.3) is 10.9 Å². The van der Waals surface area contributed by atoms with E-state index >= 15 is 0 Å². The van der Waals surface area contributed by atoms with E-state index in [9.17, 15) is 9.59 Å². The fourth-order valence-electron chi connectivity index (χ4n) is 1.94. The van der Waals surface area contributed by atoms with Gasteiger partial charge in [-0.3, -0.25) is 9.59 Å². The number of hydrogen-bond donors (Lipinski definition) is 1. The summed E-state index contributed by atoms with van der Waals surface area (Å²) in [6, 6.07) is 4.98. The van der Waals surface area contributed by atoms with Gasteiger partial charge < -0.3 is 9.88 Å². The van der Waals surface area contributed by atoms with Gasteiger partial charge in [-0.1, -0.05) is 6.92 Å². The molecule has 5 nitrogen and oxygen atoms in total. The largest absolute Gasteiger partial charge is 0.351 e. The highest BCUT2D eigenvalue weighted by atomic mass is 32.2. The van der Waals surface area contributed by atoms with Gasteiger partial charge in [0.05, 0.1) is 17.2 Å². The van der Waals surface area contributed by atoms with Crippen LogP contribution in [0.3, 0.4) is 0 Å². The van der Waals surface area contributed by atoms with Crippen LogP contribution in [0.4, 0.5) is 0 Å². The number of benzene rings is 1. The van der Waals surface area contributed by atoms with Crippen LogP contribution in [0.1, 0.15) is 23.7 Å². The summed E-state index contributed by atoms with van der Waals surface area (Å²) in [6.45, 7) is 2.78. The van der Waals surface area contributed by atoms with Gasteiger partial charge in [-0.15, -0.1) is 0 Å². The maximum absolute atomic E-state index is 12.0. The van der Waals surface area contributed by atoms with E-state index in [0.717, 1.165) is 17.9 Å². The molecule has 0 aliphatic rings. The molecule has 1 amide bonds. The van der Waals surface area contributed by atoms with Gasteiger partial charge in [-0.2, -0.15) is 11.8 Å². The highest BCUT2D eigenvalue weighted by Crippen LogP contribution is 2.10. The van der Waals surface area contributed by atoms with Crippen molar-refractivity contribution in [2.75, 3.05) is 18.1 Å². The van der Waals surface area contributed by atoms with Gasteiger partial charge in [-0.25, -0.2) is 4.98 Å². The molecule has 0 bridgehead atoms. The first-order valence-corrected chi connectivity index (χ1v) is 8.10. The van der Waals surface area contributed by atoms with E-state index in [1.165, 1.54) is 10.9 Å². The molecule has 0 saturated heterocycles. The number of aryl methyl sites for hydroxylation is 1. The predicted octanol–water partition coefficient (Wildman–Crippen LogP) is 1.81. The molecule has 0 aliphatic heterocycles. The molecule has 1 aromatic heterocycles. The van der Waals surface area contributed by atoms with E-state index in [1.54, 1.807) is 25.2 Å². The van der Waals surface area contributed by atoms with Crippen LogP contribution in [0, 0.1) is 0 Å². The highest BCUT2D eigenvalue weighted by molar-refractivity contribution is 7.99.